The van der Waals surface area contributed by atoms with Crippen molar-refractivity contribution in [3.63, 3.8) is 0 Å². The zero-order chi connectivity index (χ0) is 15.9. The third kappa shape index (κ3) is 2.20. The van der Waals surface area contributed by atoms with Crippen LogP contribution in [0.3, 0.4) is 0 Å². The summed E-state index contributed by atoms with van der Waals surface area (Å²) >= 11 is 3.43. The number of hydrogen-bond acceptors (Lipinski definition) is 4. The van der Waals surface area contributed by atoms with E-state index >= 15 is 0 Å². The molecule has 3 rings (SSSR count). The highest BCUT2D eigenvalue weighted by molar-refractivity contribution is 9.10. The summed E-state index contributed by atoms with van der Waals surface area (Å²) in [5.74, 6) is 0.886. The lowest BCUT2D eigenvalue weighted by atomic mass is 9.93. The fraction of sp³-hybridized carbons (Fsp3) is 0.235. The van der Waals surface area contributed by atoms with E-state index in [2.05, 4.69) is 57.3 Å². The van der Waals surface area contributed by atoms with Gasteiger partial charge in [-0.15, -0.1) is 0 Å². The van der Waals surface area contributed by atoms with Crippen LogP contribution in [0.25, 0.3) is 5.57 Å². The Kier molecular flexibility index (Phi) is 3.50. The third-order valence-corrected chi connectivity index (χ3v) is 4.60. The van der Waals surface area contributed by atoms with Gasteiger partial charge in [0.2, 0.25) is 0 Å². The van der Waals surface area contributed by atoms with Crippen LogP contribution in [-0.4, -0.2) is 15.5 Å². The van der Waals surface area contributed by atoms with Gasteiger partial charge in [-0.3, -0.25) is 0 Å². The summed E-state index contributed by atoms with van der Waals surface area (Å²) in [5, 5.41) is 9.24. The number of aromatic nitrogens is 2. The lowest BCUT2D eigenvalue weighted by molar-refractivity contribution is 0.586. The molecule has 1 aliphatic heterocycles. The van der Waals surface area contributed by atoms with Gasteiger partial charge in [0.25, 0.3) is 0 Å². The summed E-state index contributed by atoms with van der Waals surface area (Å²) in [6.45, 7) is 9.04. The second-order valence-corrected chi connectivity index (χ2v) is 6.56. The molecule has 22 heavy (non-hydrogen) atoms. The van der Waals surface area contributed by atoms with E-state index in [-0.39, 0.29) is 5.54 Å². The molecule has 5 heteroatoms. The van der Waals surface area contributed by atoms with Crippen LogP contribution < -0.4 is 4.90 Å². The Balaban J connectivity index is 2.09. The maximum absolute atomic E-state index is 9.24. The third-order valence-electron chi connectivity index (χ3n) is 4.16. The monoisotopic (exact) mass is 354 g/mol. The maximum atomic E-state index is 9.24. The molecular formula is C17H15BrN4. The number of rotatable bonds is 2. The van der Waals surface area contributed by atoms with Gasteiger partial charge in [-0.05, 0) is 53.5 Å². The molecule has 2 aromatic heterocycles. The van der Waals surface area contributed by atoms with Crippen LogP contribution in [0.4, 0.5) is 5.82 Å². The average Bonchev–Trinajstić information content (AvgIpc) is 2.68. The van der Waals surface area contributed by atoms with Gasteiger partial charge >= 0.3 is 0 Å². The highest BCUT2D eigenvalue weighted by atomic mass is 79.9. The molecule has 4 nitrogen and oxygen atoms in total. The van der Waals surface area contributed by atoms with Crippen LogP contribution in [0.15, 0.2) is 41.6 Å². The fourth-order valence-electron chi connectivity index (χ4n) is 2.73. The molecule has 0 fully saturated rings. The van der Waals surface area contributed by atoms with Gasteiger partial charge in [0.1, 0.15) is 22.2 Å². The van der Waals surface area contributed by atoms with Crippen molar-refractivity contribution in [3.8, 4) is 6.07 Å². The van der Waals surface area contributed by atoms with Crippen LogP contribution in [0.2, 0.25) is 0 Å². The number of hydrogen-bond donors (Lipinski definition) is 0. The summed E-state index contributed by atoms with van der Waals surface area (Å²) in [6.07, 6.45) is 1.64. The Labute approximate surface area is 138 Å². The standard InChI is InChI=1S/C17H15BrN4/c1-11-13-6-7-15(18)21-16(13)22(17(11,2)3)10-12-5-4-8-20-14(12)9-19/h4-8H,1,10H2,2-3H3. The van der Waals surface area contributed by atoms with Crippen LogP contribution in [0.1, 0.15) is 30.7 Å². The number of nitriles is 1. The molecule has 0 amide bonds. The average molecular weight is 355 g/mol. The highest BCUT2D eigenvalue weighted by Gasteiger charge is 2.40. The molecule has 0 unspecified atom stereocenters. The Morgan fingerprint density at radius 3 is 2.86 bits per heavy atom. The van der Waals surface area contributed by atoms with E-state index in [0.29, 0.717) is 12.2 Å². The molecule has 3 heterocycles. The van der Waals surface area contributed by atoms with E-state index in [9.17, 15) is 5.26 Å². The first kappa shape index (κ1) is 14.7. The van der Waals surface area contributed by atoms with Crippen molar-refractivity contribution in [2.24, 2.45) is 0 Å². The van der Waals surface area contributed by atoms with E-state index in [4.69, 9.17) is 0 Å². The molecule has 0 N–H and O–H groups in total. The molecule has 0 saturated carbocycles. The van der Waals surface area contributed by atoms with E-state index in [0.717, 1.165) is 27.1 Å². The van der Waals surface area contributed by atoms with Crippen molar-refractivity contribution >= 4 is 27.3 Å². The van der Waals surface area contributed by atoms with E-state index < -0.39 is 0 Å². The number of nitrogens with zero attached hydrogens (tertiary/aromatic N) is 4. The first-order chi connectivity index (χ1) is 10.4. The predicted octanol–water partition coefficient (Wildman–Crippen LogP) is 3.92. The van der Waals surface area contributed by atoms with Crippen LogP contribution in [0, 0.1) is 11.3 Å². The normalized spacial score (nSPS) is 15.5. The molecule has 0 radical (unpaired) electrons. The second-order valence-electron chi connectivity index (χ2n) is 5.75. The van der Waals surface area contributed by atoms with E-state index in [1.807, 2.05) is 24.3 Å². The van der Waals surface area contributed by atoms with E-state index in [1.165, 1.54) is 0 Å². The minimum atomic E-state index is -0.265. The molecule has 110 valence electrons. The Morgan fingerprint density at radius 1 is 1.36 bits per heavy atom. The van der Waals surface area contributed by atoms with Gasteiger partial charge in [-0.1, -0.05) is 12.6 Å². The van der Waals surface area contributed by atoms with Crippen molar-refractivity contribution in [1.29, 1.82) is 5.26 Å². The van der Waals surface area contributed by atoms with Crippen molar-refractivity contribution in [3.05, 3.63) is 58.5 Å². The lowest BCUT2D eigenvalue weighted by Gasteiger charge is -2.34. The second kappa shape index (κ2) is 5.22. The number of halogens is 1. The first-order valence-corrected chi connectivity index (χ1v) is 7.72. The Morgan fingerprint density at radius 2 is 2.14 bits per heavy atom. The summed E-state index contributed by atoms with van der Waals surface area (Å²) in [6, 6.07) is 9.89. The Hall–Kier alpha value is -2.19. The van der Waals surface area contributed by atoms with Crippen molar-refractivity contribution in [2.45, 2.75) is 25.9 Å². The van der Waals surface area contributed by atoms with Gasteiger partial charge in [-0.25, -0.2) is 9.97 Å². The smallest absolute Gasteiger partial charge is 0.145 e. The van der Waals surface area contributed by atoms with Crippen LogP contribution >= 0.6 is 15.9 Å². The summed E-state index contributed by atoms with van der Waals surface area (Å²) in [7, 11) is 0. The van der Waals surface area contributed by atoms with Crippen molar-refractivity contribution in [1.82, 2.24) is 9.97 Å². The first-order valence-electron chi connectivity index (χ1n) is 6.93. The molecule has 0 spiro atoms. The zero-order valence-corrected chi connectivity index (χ0v) is 14.1. The fourth-order valence-corrected chi connectivity index (χ4v) is 3.03. The molecule has 0 saturated heterocycles. The van der Waals surface area contributed by atoms with E-state index in [1.54, 1.807) is 6.20 Å². The SMILES string of the molecule is C=C1c2ccc(Br)nc2N(Cc2cccnc2C#N)C1(C)C. The molecule has 0 atom stereocenters. The number of fused-ring (bicyclic) bond motifs is 1. The predicted molar refractivity (Wildman–Crippen MR) is 90.2 cm³/mol. The summed E-state index contributed by atoms with van der Waals surface area (Å²) < 4.78 is 0.786. The molecule has 2 aromatic rings. The minimum Gasteiger partial charge on any atom is -0.342 e. The van der Waals surface area contributed by atoms with Gasteiger partial charge in [0.15, 0.2) is 0 Å². The quantitative estimate of drug-likeness (QED) is 0.766. The molecule has 0 aliphatic carbocycles. The Bertz CT molecular complexity index is 805. The largest absolute Gasteiger partial charge is 0.342 e. The summed E-state index contributed by atoms with van der Waals surface area (Å²) in [5.41, 5.74) is 3.16. The zero-order valence-electron chi connectivity index (χ0n) is 12.5. The van der Waals surface area contributed by atoms with Gasteiger partial charge in [0, 0.05) is 23.9 Å². The van der Waals surface area contributed by atoms with Gasteiger partial charge in [0.05, 0.1) is 5.54 Å². The minimum absolute atomic E-state index is 0.265. The van der Waals surface area contributed by atoms with Gasteiger partial charge < -0.3 is 4.90 Å². The molecule has 0 aromatic carbocycles. The number of anilines is 1. The van der Waals surface area contributed by atoms with Crippen LogP contribution in [0.5, 0.6) is 0 Å². The molecule has 0 bridgehead atoms. The highest BCUT2D eigenvalue weighted by Crippen LogP contribution is 2.46. The lowest BCUT2D eigenvalue weighted by Crippen LogP contribution is -2.40. The topological polar surface area (TPSA) is 52.8 Å². The maximum Gasteiger partial charge on any atom is 0.145 e. The summed E-state index contributed by atoms with van der Waals surface area (Å²) in [4.78, 5) is 10.9. The molecule has 1 aliphatic rings. The van der Waals surface area contributed by atoms with Crippen molar-refractivity contribution in [2.75, 3.05) is 4.90 Å². The van der Waals surface area contributed by atoms with Crippen molar-refractivity contribution < 1.29 is 0 Å². The van der Waals surface area contributed by atoms with Crippen LogP contribution in [-0.2, 0) is 6.54 Å². The molecular weight excluding hydrogens is 340 g/mol. The van der Waals surface area contributed by atoms with Gasteiger partial charge in [-0.2, -0.15) is 5.26 Å². The number of pyridine rings is 2.